The van der Waals surface area contributed by atoms with Gasteiger partial charge in [-0.3, -0.25) is 4.90 Å². The molecule has 3 heterocycles. The van der Waals surface area contributed by atoms with Gasteiger partial charge < -0.3 is 14.6 Å². The van der Waals surface area contributed by atoms with Crippen LogP contribution in [0.1, 0.15) is 19.2 Å². The maximum Gasteiger partial charge on any atom is 0.213 e. The predicted molar refractivity (Wildman–Crippen MR) is 118 cm³/mol. The van der Waals surface area contributed by atoms with E-state index in [9.17, 15) is 13.5 Å². The van der Waals surface area contributed by atoms with Gasteiger partial charge in [-0.1, -0.05) is 18.7 Å². The molecule has 1 aromatic carbocycles. The SMILES string of the molecule is C=C(C)N1c2cccnc2N(Cc2nc3ccccc3n2CCCS(C)(=O)=O)C1O. The number of hydrogen-bond donors (Lipinski definition) is 1. The number of aliphatic hydroxyl groups excluding tert-OH is 1. The second-order valence-electron chi connectivity index (χ2n) is 7.58. The van der Waals surface area contributed by atoms with Crippen molar-refractivity contribution in [2.24, 2.45) is 0 Å². The molecule has 8 nitrogen and oxygen atoms in total. The molecule has 9 heteroatoms. The van der Waals surface area contributed by atoms with Gasteiger partial charge in [0.25, 0.3) is 0 Å². The number of hydrogen-bond acceptors (Lipinski definition) is 7. The number of para-hydroxylation sites is 2. The Hall–Kier alpha value is -2.91. The van der Waals surface area contributed by atoms with E-state index in [2.05, 4.69) is 11.6 Å². The Morgan fingerprint density at radius 3 is 2.73 bits per heavy atom. The first-order chi connectivity index (χ1) is 14.3. The molecule has 0 aliphatic carbocycles. The topological polar surface area (TPSA) is 91.6 Å². The monoisotopic (exact) mass is 427 g/mol. The molecule has 2 aromatic heterocycles. The third-order valence-corrected chi connectivity index (χ3v) is 6.19. The van der Waals surface area contributed by atoms with Crippen LogP contribution in [0.5, 0.6) is 0 Å². The molecular formula is C21H25N5O3S. The maximum absolute atomic E-state index is 11.6. The number of aryl methyl sites for hydroxylation is 1. The summed E-state index contributed by atoms with van der Waals surface area (Å²) in [5.41, 5.74) is 3.27. The highest BCUT2D eigenvalue weighted by Gasteiger charge is 2.36. The number of pyridine rings is 1. The highest BCUT2D eigenvalue weighted by Crippen LogP contribution is 2.39. The molecule has 1 N–H and O–H groups in total. The van der Waals surface area contributed by atoms with Crippen molar-refractivity contribution in [1.82, 2.24) is 14.5 Å². The van der Waals surface area contributed by atoms with E-state index < -0.39 is 16.2 Å². The van der Waals surface area contributed by atoms with E-state index in [4.69, 9.17) is 4.98 Å². The quantitative estimate of drug-likeness (QED) is 0.619. The predicted octanol–water partition coefficient (Wildman–Crippen LogP) is 2.50. The summed E-state index contributed by atoms with van der Waals surface area (Å²) in [4.78, 5) is 12.7. The van der Waals surface area contributed by atoms with E-state index in [1.54, 1.807) is 16.0 Å². The zero-order chi connectivity index (χ0) is 21.5. The highest BCUT2D eigenvalue weighted by atomic mass is 32.2. The van der Waals surface area contributed by atoms with Gasteiger partial charge in [0.2, 0.25) is 6.35 Å². The van der Waals surface area contributed by atoms with Gasteiger partial charge in [-0.2, -0.15) is 0 Å². The standard InChI is InChI=1S/C21H25N5O3S/c1-15(2)26-18-10-6-11-22-20(18)25(21(26)27)14-19-23-16-8-4-5-9-17(16)24(19)12-7-13-30(3,28)29/h4-6,8-11,21,27H,1,7,12-14H2,2-3H3. The Bertz CT molecular complexity index is 1200. The first-order valence-electron chi connectivity index (χ1n) is 9.72. The van der Waals surface area contributed by atoms with Gasteiger partial charge in [-0.25, -0.2) is 18.4 Å². The van der Waals surface area contributed by atoms with Gasteiger partial charge in [0, 0.05) is 24.7 Å². The molecule has 3 aromatic rings. The second kappa shape index (κ2) is 7.73. The number of imidazole rings is 1. The number of nitrogens with zero attached hydrogens (tertiary/aromatic N) is 5. The van der Waals surface area contributed by atoms with Crippen molar-refractivity contribution in [2.45, 2.75) is 32.8 Å². The van der Waals surface area contributed by atoms with Crippen LogP contribution in [0.25, 0.3) is 11.0 Å². The van der Waals surface area contributed by atoms with Gasteiger partial charge >= 0.3 is 0 Å². The lowest BCUT2D eigenvalue weighted by molar-refractivity contribution is 0.176. The number of aromatic nitrogens is 3. The van der Waals surface area contributed by atoms with E-state index >= 15 is 0 Å². The van der Waals surface area contributed by atoms with E-state index in [0.29, 0.717) is 31.0 Å². The Morgan fingerprint density at radius 2 is 2.00 bits per heavy atom. The maximum atomic E-state index is 11.6. The molecule has 1 atom stereocenters. The summed E-state index contributed by atoms with van der Waals surface area (Å²) in [7, 11) is -3.04. The van der Waals surface area contributed by atoms with Crippen molar-refractivity contribution in [3.8, 4) is 0 Å². The van der Waals surface area contributed by atoms with E-state index in [0.717, 1.165) is 22.5 Å². The van der Waals surface area contributed by atoms with Gasteiger partial charge in [0.1, 0.15) is 15.7 Å². The largest absolute Gasteiger partial charge is 0.356 e. The molecule has 0 saturated heterocycles. The lowest BCUT2D eigenvalue weighted by atomic mass is 10.3. The van der Waals surface area contributed by atoms with Crippen LogP contribution < -0.4 is 9.80 Å². The van der Waals surface area contributed by atoms with Crippen LogP contribution in [0.15, 0.2) is 54.9 Å². The molecule has 1 aliphatic rings. The lowest BCUT2D eigenvalue weighted by Gasteiger charge is -2.28. The van der Waals surface area contributed by atoms with Gasteiger partial charge in [-0.05, 0) is 37.6 Å². The summed E-state index contributed by atoms with van der Waals surface area (Å²) >= 11 is 0. The molecule has 1 unspecified atom stereocenters. The van der Waals surface area contributed by atoms with Crippen LogP contribution in [-0.2, 0) is 22.9 Å². The summed E-state index contributed by atoms with van der Waals surface area (Å²) in [6, 6.07) is 11.5. The van der Waals surface area contributed by atoms with Crippen molar-refractivity contribution in [3.05, 3.63) is 60.7 Å². The van der Waals surface area contributed by atoms with Crippen LogP contribution >= 0.6 is 0 Å². The van der Waals surface area contributed by atoms with Crippen LogP contribution in [0.2, 0.25) is 0 Å². The Balaban J connectivity index is 1.70. The number of anilines is 2. The van der Waals surface area contributed by atoms with Crippen LogP contribution in [-0.4, -0.2) is 46.4 Å². The number of benzene rings is 1. The minimum atomic E-state index is -3.04. The van der Waals surface area contributed by atoms with E-state index in [1.807, 2.05) is 47.9 Å². The van der Waals surface area contributed by atoms with Crippen molar-refractivity contribution < 1.29 is 13.5 Å². The molecule has 0 radical (unpaired) electrons. The first kappa shape index (κ1) is 20.4. The summed E-state index contributed by atoms with van der Waals surface area (Å²) in [5.74, 6) is 1.51. The normalized spacial score (nSPS) is 16.3. The van der Waals surface area contributed by atoms with Crippen molar-refractivity contribution in [2.75, 3.05) is 21.8 Å². The number of allylic oxidation sites excluding steroid dienone is 1. The summed E-state index contributed by atoms with van der Waals surface area (Å²) in [6.07, 6.45) is 2.48. The van der Waals surface area contributed by atoms with Crippen molar-refractivity contribution >= 4 is 32.4 Å². The summed E-state index contributed by atoms with van der Waals surface area (Å²) in [6.45, 7) is 6.66. The summed E-state index contributed by atoms with van der Waals surface area (Å²) in [5, 5.41) is 11.0. The first-order valence-corrected chi connectivity index (χ1v) is 11.8. The number of rotatable bonds is 7. The summed E-state index contributed by atoms with van der Waals surface area (Å²) < 4.78 is 25.2. The Morgan fingerprint density at radius 1 is 1.23 bits per heavy atom. The van der Waals surface area contributed by atoms with E-state index in [1.165, 1.54) is 6.26 Å². The van der Waals surface area contributed by atoms with Crippen molar-refractivity contribution in [1.29, 1.82) is 0 Å². The highest BCUT2D eigenvalue weighted by molar-refractivity contribution is 7.90. The van der Waals surface area contributed by atoms with Crippen LogP contribution in [0.4, 0.5) is 11.5 Å². The fourth-order valence-electron chi connectivity index (χ4n) is 3.86. The number of aliphatic hydroxyl groups is 1. The molecule has 0 fully saturated rings. The molecule has 1 aliphatic heterocycles. The molecular weight excluding hydrogens is 402 g/mol. The molecule has 0 spiro atoms. The second-order valence-corrected chi connectivity index (χ2v) is 9.84. The number of fused-ring (bicyclic) bond motifs is 2. The number of sulfone groups is 1. The fraction of sp³-hybridized carbons (Fsp3) is 0.333. The van der Waals surface area contributed by atoms with Crippen molar-refractivity contribution in [3.63, 3.8) is 0 Å². The average Bonchev–Trinajstić information content (AvgIpc) is 3.16. The lowest BCUT2D eigenvalue weighted by Crippen LogP contribution is -2.42. The van der Waals surface area contributed by atoms with Crippen LogP contribution in [0.3, 0.4) is 0 Å². The smallest absolute Gasteiger partial charge is 0.213 e. The third kappa shape index (κ3) is 3.78. The van der Waals surface area contributed by atoms with E-state index in [-0.39, 0.29) is 5.75 Å². The molecule has 0 amide bonds. The third-order valence-electron chi connectivity index (χ3n) is 5.16. The fourth-order valence-corrected chi connectivity index (χ4v) is 4.52. The minimum absolute atomic E-state index is 0.110. The van der Waals surface area contributed by atoms with Gasteiger partial charge in [0.05, 0.1) is 29.0 Å². The zero-order valence-corrected chi connectivity index (χ0v) is 17.9. The zero-order valence-electron chi connectivity index (χ0n) is 17.1. The Labute approximate surface area is 176 Å². The van der Waals surface area contributed by atoms with Crippen LogP contribution in [0, 0.1) is 0 Å². The molecule has 0 saturated carbocycles. The minimum Gasteiger partial charge on any atom is -0.356 e. The average molecular weight is 428 g/mol. The molecule has 158 valence electrons. The van der Waals surface area contributed by atoms with Gasteiger partial charge in [-0.15, -0.1) is 0 Å². The van der Waals surface area contributed by atoms with Gasteiger partial charge in [0.15, 0.2) is 5.82 Å². The molecule has 0 bridgehead atoms. The molecule has 4 rings (SSSR count). The molecule has 30 heavy (non-hydrogen) atoms. The Kier molecular flexibility index (Phi) is 5.25.